The summed E-state index contributed by atoms with van der Waals surface area (Å²) in [6.07, 6.45) is 6.56. The van der Waals surface area contributed by atoms with Gasteiger partial charge < -0.3 is 32.2 Å². The van der Waals surface area contributed by atoms with Gasteiger partial charge in [0.1, 0.15) is 5.69 Å². The fourth-order valence-corrected chi connectivity index (χ4v) is 12.3. The molecule has 1 unspecified atom stereocenters. The van der Waals surface area contributed by atoms with E-state index in [1.54, 1.807) is 16.9 Å². The number of carboxylic acids is 1. The third kappa shape index (κ3) is 5.34. The largest absolute Gasteiger partial charge is 0.481 e. The van der Waals surface area contributed by atoms with Gasteiger partial charge in [-0.2, -0.15) is 5.10 Å². The maximum absolute atomic E-state index is 13.5. The number of carbonyl (C=O) groups is 2. The van der Waals surface area contributed by atoms with Crippen molar-refractivity contribution in [2.75, 3.05) is 6.61 Å². The molecule has 1 amide bonds. The van der Waals surface area contributed by atoms with Crippen LogP contribution in [0.4, 0.5) is 0 Å². The standard InChI is InChI=1S/C41H69N5O5/c1-23(2)25(5)36(9)18-19-37(10)27-14-17-41(44)35(7,8)32(51-22-39(12,43)24(3)4)30(46-29(33(42)48)15-20-45-46)21-40(41,26(6)47)28(27)13-16-38(37,11)31(36)34(49)50/h13,15,20,23-27,30-32,47H,14,16-19,21-22,43-44H2,1-12H3,(H2,42,48)(H,49,50)/t25-,26+,27+,30?,31-,32+,36-,37-,38+,39+,40+,41-/m1/s1. The molecule has 0 aromatic carbocycles. The van der Waals surface area contributed by atoms with E-state index in [4.69, 9.17) is 21.9 Å². The average molecular weight is 712 g/mol. The van der Waals surface area contributed by atoms with E-state index in [-0.39, 0.29) is 40.9 Å². The molecule has 4 aliphatic carbocycles. The van der Waals surface area contributed by atoms with Crippen LogP contribution in [0.5, 0.6) is 0 Å². The van der Waals surface area contributed by atoms with Crippen LogP contribution in [-0.4, -0.2) is 61.8 Å². The lowest BCUT2D eigenvalue weighted by molar-refractivity contribution is -0.223. The second-order valence-corrected chi connectivity index (χ2v) is 19.6. The van der Waals surface area contributed by atoms with Crippen molar-refractivity contribution < 1.29 is 24.5 Å². The Labute approximate surface area is 306 Å². The van der Waals surface area contributed by atoms with Crippen LogP contribution in [0.25, 0.3) is 0 Å². The number of fused-ring (bicyclic) bond motifs is 5. The fourth-order valence-electron chi connectivity index (χ4n) is 12.3. The van der Waals surface area contributed by atoms with Gasteiger partial charge in [-0.1, -0.05) is 80.9 Å². The van der Waals surface area contributed by atoms with E-state index >= 15 is 0 Å². The minimum absolute atomic E-state index is 0.0127. The van der Waals surface area contributed by atoms with Crippen LogP contribution in [0.1, 0.15) is 138 Å². The van der Waals surface area contributed by atoms with Gasteiger partial charge in [-0.15, -0.1) is 0 Å². The van der Waals surface area contributed by atoms with Crippen molar-refractivity contribution in [3.8, 4) is 0 Å². The predicted molar refractivity (Wildman–Crippen MR) is 200 cm³/mol. The average Bonchev–Trinajstić information content (AvgIpc) is 3.51. The highest BCUT2D eigenvalue weighted by atomic mass is 16.5. The highest BCUT2D eigenvalue weighted by Crippen LogP contribution is 2.75. The fraction of sp³-hybridized carbons (Fsp3) is 0.829. The molecule has 12 atom stereocenters. The van der Waals surface area contributed by atoms with Crippen molar-refractivity contribution in [3.05, 3.63) is 29.6 Å². The first kappa shape index (κ1) is 39.9. The zero-order chi connectivity index (χ0) is 38.5. The second-order valence-electron chi connectivity index (χ2n) is 19.6. The molecule has 51 heavy (non-hydrogen) atoms. The maximum Gasteiger partial charge on any atom is 0.307 e. The second kappa shape index (κ2) is 12.7. The smallest absolute Gasteiger partial charge is 0.307 e. The van der Waals surface area contributed by atoms with Gasteiger partial charge in [0.25, 0.3) is 5.91 Å². The summed E-state index contributed by atoms with van der Waals surface area (Å²) in [7, 11) is 0. The van der Waals surface area contributed by atoms with Crippen LogP contribution < -0.4 is 17.2 Å². The number of hydrogen-bond donors (Lipinski definition) is 5. The summed E-state index contributed by atoms with van der Waals surface area (Å²) < 4.78 is 8.61. The molecule has 0 bridgehead atoms. The Bertz CT molecular complexity index is 1550. The van der Waals surface area contributed by atoms with Gasteiger partial charge in [0, 0.05) is 28.1 Å². The van der Waals surface area contributed by atoms with E-state index in [9.17, 15) is 19.8 Å². The molecule has 1 heterocycles. The number of aliphatic hydroxyl groups excluding tert-OH is 1. The highest BCUT2D eigenvalue weighted by molar-refractivity contribution is 5.91. The number of carbonyl (C=O) groups excluding carboxylic acids is 1. The summed E-state index contributed by atoms with van der Waals surface area (Å²) in [4.78, 5) is 26.3. The van der Waals surface area contributed by atoms with Crippen LogP contribution in [-0.2, 0) is 9.53 Å². The molecule has 3 fully saturated rings. The molecule has 1 aromatic heterocycles. The molecule has 10 heteroatoms. The number of aliphatic carboxylic acids is 1. The third-order valence-electron chi connectivity index (χ3n) is 16.7. The van der Waals surface area contributed by atoms with E-state index in [2.05, 4.69) is 80.4 Å². The predicted octanol–water partition coefficient (Wildman–Crippen LogP) is 6.32. The monoisotopic (exact) mass is 712 g/mol. The number of hydrogen-bond acceptors (Lipinski definition) is 7. The normalized spacial score (nSPS) is 41.5. The summed E-state index contributed by atoms with van der Waals surface area (Å²) in [5.74, 6) is -1.10. The Morgan fingerprint density at radius 3 is 2.22 bits per heavy atom. The van der Waals surface area contributed by atoms with E-state index in [0.29, 0.717) is 25.2 Å². The van der Waals surface area contributed by atoms with Gasteiger partial charge in [0.15, 0.2) is 0 Å². The molecule has 1 aromatic rings. The van der Waals surface area contributed by atoms with Gasteiger partial charge in [0.05, 0.1) is 30.8 Å². The topological polar surface area (TPSA) is 180 Å². The van der Waals surface area contributed by atoms with E-state index in [1.807, 2.05) is 13.8 Å². The van der Waals surface area contributed by atoms with Crippen LogP contribution in [0.15, 0.2) is 23.9 Å². The molecule has 8 N–H and O–H groups in total. The van der Waals surface area contributed by atoms with Crippen molar-refractivity contribution in [3.63, 3.8) is 0 Å². The van der Waals surface area contributed by atoms with Crippen molar-refractivity contribution in [1.82, 2.24) is 9.78 Å². The number of carboxylic acid groups (broad SMARTS) is 1. The molecule has 0 saturated heterocycles. The van der Waals surface area contributed by atoms with Crippen LogP contribution in [0.3, 0.4) is 0 Å². The van der Waals surface area contributed by atoms with Crippen molar-refractivity contribution in [2.24, 2.45) is 73.9 Å². The Balaban J connectivity index is 1.72. The molecular weight excluding hydrogens is 642 g/mol. The molecule has 0 spiro atoms. The van der Waals surface area contributed by atoms with E-state index in [0.717, 1.165) is 24.8 Å². The lowest BCUT2D eigenvalue weighted by Gasteiger charge is -2.73. The summed E-state index contributed by atoms with van der Waals surface area (Å²) in [5, 5.41) is 28.1. The minimum atomic E-state index is -0.927. The van der Waals surface area contributed by atoms with Crippen LogP contribution in [0.2, 0.25) is 0 Å². The van der Waals surface area contributed by atoms with Crippen molar-refractivity contribution in [1.29, 1.82) is 0 Å². The van der Waals surface area contributed by atoms with Gasteiger partial charge in [-0.3, -0.25) is 14.3 Å². The lowest BCUT2D eigenvalue weighted by atomic mass is 9.32. The van der Waals surface area contributed by atoms with Crippen molar-refractivity contribution >= 4 is 11.9 Å². The molecule has 4 aliphatic rings. The Hall–Kier alpha value is -2.27. The molecular formula is C41H69N5O5. The highest BCUT2D eigenvalue weighted by Gasteiger charge is 2.75. The van der Waals surface area contributed by atoms with Crippen LogP contribution in [0, 0.1) is 56.7 Å². The molecule has 3 saturated carbocycles. The lowest BCUT2D eigenvalue weighted by Crippen LogP contribution is -2.78. The molecule has 0 radical (unpaired) electrons. The van der Waals surface area contributed by atoms with Gasteiger partial charge >= 0.3 is 5.97 Å². The van der Waals surface area contributed by atoms with E-state index in [1.165, 1.54) is 0 Å². The van der Waals surface area contributed by atoms with E-state index < -0.39 is 63.4 Å². The number of aromatic nitrogens is 2. The number of ether oxygens (including phenoxy) is 1. The number of amides is 1. The number of nitrogens with zero attached hydrogens (tertiary/aromatic N) is 2. The third-order valence-corrected chi connectivity index (χ3v) is 16.7. The number of primary amides is 1. The number of aliphatic hydroxyl groups is 1. The Kier molecular flexibility index (Phi) is 9.91. The zero-order valence-electron chi connectivity index (χ0n) is 33.5. The molecule has 10 nitrogen and oxygen atoms in total. The first-order valence-electron chi connectivity index (χ1n) is 19.5. The summed E-state index contributed by atoms with van der Waals surface area (Å²) in [5.41, 5.74) is 17.5. The molecule has 5 rings (SSSR count). The quantitative estimate of drug-likeness (QED) is 0.175. The van der Waals surface area contributed by atoms with Gasteiger partial charge in [-0.25, -0.2) is 0 Å². The first-order chi connectivity index (χ1) is 23.3. The van der Waals surface area contributed by atoms with Crippen molar-refractivity contribution in [2.45, 2.75) is 151 Å². The first-order valence-corrected chi connectivity index (χ1v) is 19.5. The SMILES string of the molecule is CC(C)[C@@H](C)[C@@]1(C)CC[C@]2(C)[C@H]3CC[C@@]4(N)C(C)(C)[C@@H](OC[C@](C)(N)C(C)C)C(n5nccc5C(N)=O)C[C@]4([C@H](C)O)C3=CC[C@@]2(C)[C@@H]1C(=O)O. The van der Waals surface area contributed by atoms with Crippen LogP contribution >= 0.6 is 0 Å². The number of nitrogens with two attached hydrogens (primary N) is 3. The minimum Gasteiger partial charge on any atom is -0.481 e. The maximum atomic E-state index is 13.5. The summed E-state index contributed by atoms with van der Waals surface area (Å²) >= 11 is 0. The number of allylic oxidation sites excluding steroid dienone is 1. The summed E-state index contributed by atoms with van der Waals surface area (Å²) in [6.45, 7) is 25.9. The Morgan fingerprint density at radius 2 is 1.69 bits per heavy atom. The Morgan fingerprint density at radius 1 is 1.06 bits per heavy atom. The zero-order valence-corrected chi connectivity index (χ0v) is 33.5. The van der Waals surface area contributed by atoms with Gasteiger partial charge in [-0.05, 0) is 98.4 Å². The molecule has 0 aliphatic heterocycles. The summed E-state index contributed by atoms with van der Waals surface area (Å²) in [6, 6.07) is 1.13. The molecule has 288 valence electrons. The van der Waals surface area contributed by atoms with Gasteiger partial charge in [0.2, 0.25) is 0 Å². The number of rotatable bonds is 10.